The molecule has 0 bridgehead atoms. The minimum atomic E-state index is -0.371. The third-order valence-electron chi connectivity index (χ3n) is 3.19. The van der Waals surface area contributed by atoms with Crippen molar-refractivity contribution in [2.75, 3.05) is 5.32 Å². The van der Waals surface area contributed by atoms with E-state index in [1.54, 1.807) is 24.3 Å². The number of nitrogens with one attached hydrogen (secondary N) is 1. The van der Waals surface area contributed by atoms with Crippen LogP contribution in [0.15, 0.2) is 16.6 Å². The molecule has 1 atom stereocenters. The van der Waals surface area contributed by atoms with Gasteiger partial charge in [-0.2, -0.15) is 0 Å². The molecule has 1 N–H and O–H groups in total. The summed E-state index contributed by atoms with van der Waals surface area (Å²) in [4.78, 5) is 16.2. The minimum Gasteiger partial charge on any atom is -0.377 e. The number of rotatable bonds is 4. The van der Waals surface area contributed by atoms with Gasteiger partial charge in [0.15, 0.2) is 0 Å². The van der Waals surface area contributed by atoms with E-state index in [0.717, 1.165) is 16.4 Å². The standard InChI is InChI=1S/C14H16BrN3O2S/c1-7-5-12(11(15)6-13(7)18(19)20)17-9(3)14-8(2)16-10(4)21-14/h5-6,9,17H,1-4H3. The Labute approximate surface area is 135 Å². The number of anilines is 1. The molecule has 1 unspecified atom stereocenters. The van der Waals surface area contributed by atoms with Crippen LogP contribution >= 0.6 is 27.3 Å². The molecule has 0 amide bonds. The van der Waals surface area contributed by atoms with E-state index in [0.29, 0.717) is 10.0 Å². The summed E-state index contributed by atoms with van der Waals surface area (Å²) >= 11 is 5.06. The number of nitro groups is 1. The molecular formula is C14H16BrN3O2S. The molecule has 0 aliphatic heterocycles. The van der Waals surface area contributed by atoms with Crippen LogP contribution in [0.5, 0.6) is 0 Å². The van der Waals surface area contributed by atoms with Crippen molar-refractivity contribution in [2.24, 2.45) is 0 Å². The van der Waals surface area contributed by atoms with Crippen LogP contribution in [0.25, 0.3) is 0 Å². The second-order valence-corrected chi connectivity index (χ2v) is 7.01. The number of nitrogens with zero attached hydrogens (tertiary/aromatic N) is 2. The van der Waals surface area contributed by atoms with Crippen molar-refractivity contribution in [3.63, 3.8) is 0 Å². The summed E-state index contributed by atoms with van der Waals surface area (Å²) in [5, 5.41) is 15.4. The summed E-state index contributed by atoms with van der Waals surface area (Å²) in [5.41, 5.74) is 2.61. The van der Waals surface area contributed by atoms with Crippen LogP contribution in [0.2, 0.25) is 0 Å². The lowest BCUT2D eigenvalue weighted by Crippen LogP contribution is -2.07. The van der Waals surface area contributed by atoms with Gasteiger partial charge in [-0.05, 0) is 49.7 Å². The highest BCUT2D eigenvalue weighted by atomic mass is 79.9. The summed E-state index contributed by atoms with van der Waals surface area (Å²) < 4.78 is 0.686. The predicted octanol–water partition coefficient (Wildman–Crippen LogP) is 4.91. The number of nitro benzene ring substituents is 1. The largest absolute Gasteiger partial charge is 0.377 e. The van der Waals surface area contributed by atoms with E-state index in [-0.39, 0.29) is 16.7 Å². The molecule has 7 heteroatoms. The summed E-state index contributed by atoms with van der Waals surface area (Å²) in [6, 6.07) is 3.42. The lowest BCUT2D eigenvalue weighted by molar-refractivity contribution is -0.385. The zero-order valence-corrected chi connectivity index (χ0v) is 14.6. The molecule has 2 rings (SSSR count). The van der Waals surface area contributed by atoms with Crippen molar-refractivity contribution in [2.45, 2.75) is 33.7 Å². The van der Waals surface area contributed by atoms with Crippen LogP contribution in [-0.4, -0.2) is 9.91 Å². The van der Waals surface area contributed by atoms with Crippen molar-refractivity contribution in [1.82, 2.24) is 4.98 Å². The maximum absolute atomic E-state index is 10.9. The first-order valence-corrected chi connectivity index (χ1v) is 8.05. The van der Waals surface area contributed by atoms with Gasteiger partial charge in [0.2, 0.25) is 0 Å². The highest BCUT2D eigenvalue weighted by molar-refractivity contribution is 9.10. The van der Waals surface area contributed by atoms with Crippen LogP contribution in [-0.2, 0) is 0 Å². The van der Waals surface area contributed by atoms with Crippen LogP contribution < -0.4 is 5.32 Å². The van der Waals surface area contributed by atoms with Crippen LogP contribution in [0, 0.1) is 30.9 Å². The smallest absolute Gasteiger partial charge is 0.273 e. The van der Waals surface area contributed by atoms with Crippen molar-refractivity contribution in [1.29, 1.82) is 0 Å². The number of hydrogen-bond donors (Lipinski definition) is 1. The maximum atomic E-state index is 10.9. The van der Waals surface area contributed by atoms with E-state index < -0.39 is 0 Å². The molecule has 5 nitrogen and oxygen atoms in total. The molecule has 0 saturated carbocycles. The SMILES string of the molecule is Cc1nc(C)c(C(C)Nc2cc(C)c([N+](=O)[O-])cc2Br)s1. The summed E-state index contributed by atoms with van der Waals surface area (Å²) in [7, 11) is 0. The second-order valence-electron chi connectivity index (χ2n) is 4.92. The normalized spacial score (nSPS) is 12.2. The fraction of sp³-hybridized carbons (Fsp3) is 0.357. The van der Waals surface area contributed by atoms with Crippen molar-refractivity contribution in [3.05, 3.63) is 47.9 Å². The maximum Gasteiger partial charge on any atom is 0.273 e. The molecule has 0 aliphatic rings. The number of thiazole rings is 1. The Morgan fingerprint density at radius 2 is 2.05 bits per heavy atom. The van der Waals surface area contributed by atoms with Gasteiger partial charge in [-0.1, -0.05) is 0 Å². The second kappa shape index (κ2) is 6.11. The van der Waals surface area contributed by atoms with E-state index >= 15 is 0 Å². The Kier molecular flexibility index (Phi) is 4.63. The number of hydrogen-bond acceptors (Lipinski definition) is 5. The van der Waals surface area contributed by atoms with E-state index in [1.165, 1.54) is 10.9 Å². The Bertz CT molecular complexity index is 700. The average Bonchev–Trinajstić information content (AvgIpc) is 2.72. The Morgan fingerprint density at radius 3 is 2.57 bits per heavy atom. The molecule has 1 heterocycles. The van der Waals surface area contributed by atoms with Gasteiger partial charge in [0.25, 0.3) is 5.69 Å². The number of benzene rings is 1. The predicted molar refractivity (Wildman–Crippen MR) is 89.2 cm³/mol. The first-order valence-electron chi connectivity index (χ1n) is 6.44. The third-order valence-corrected chi connectivity index (χ3v) is 5.10. The summed E-state index contributed by atoms with van der Waals surface area (Å²) in [5.74, 6) is 0. The van der Waals surface area contributed by atoms with Crippen molar-refractivity contribution < 1.29 is 4.92 Å². The molecule has 0 radical (unpaired) electrons. The van der Waals surface area contributed by atoms with Gasteiger partial charge in [0.05, 0.1) is 21.7 Å². The van der Waals surface area contributed by atoms with Crippen LogP contribution in [0.3, 0.4) is 0 Å². The van der Waals surface area contributed by atoms with E-state index in [4.69, 9.17) is 0 Å². The van der Waals surface area contributed by atoms with E-state index in [2.05, 4.69) is 33.2 Å². The average molecular weight is 370 g/mol. The van der Waals surface area contributed by atoms with Gasteiger partial charge in [-0.25, -0.2) is 4.98 Å². The third kappa shape index (κ3) is 3.41. The fourth-order valence-electron chi connectivity index (χ4n) is 2.23. The number of aryl methyl sites for hydroxylation is 3. The molecule has 0 fully saturated rings. The monoisotopic (exact) mass is 369 g/mol. The van der Waals surface area contributed by atoms with Gasteiger partial charge in [-0.3, -0.25) is 10.1 Å². The van der Waals surface area contributed by atoms with Crippen LogP contribution in [0.4, 0.5) is 11.4 Å². The number of halogens is 1. The lowest BCUT2D eigenvalue weighted by atomic mass is 10.1. The first kappa shape index (κ1) is 15.9. The molecular weight excluding hydrogens is 354 g/mol. The molecule has 112 valence electrons. The zero-order valence-electron chi connectivity index (χ0n) is 12.2. The fourth-order valence-corrected chi connectivity index (χ4v) is 3.60. The molecule has 1 aromatic carbocycles. The van der Waals surface area contributed by atoms with Gasteiger partial charge in [0.1, 0.15) is 0 Å². The highest BCUT2D eigenvalue weighted by Crippen LogP contribution is 2.34. The molecule has 21 heavy (non-hydrogen) atoms. The topological polar surface area (TPSA) is 68.1 Å². The Balaban J connectivity index is 2.29. The Morgan fingerprint density at radius 1 is 1.38 bits per heavy atom. The van der Waals surface area contributed by atoms with Gasteiger partial charge < -0.3 is 5.32 Å². The van der Waals surface area contributed by atoms with Gasteiger partial charge in [-0.15, -0.1) is 11.3 Å². The van der Waals surface area contributed by atoms with E-state index in [9.17, 15) is 10.1 Å². The molecule has 2 aromatic rings. The van der Waals surface area contributed by atoms with Crippen LogP contribution in [0.1, 0.15) is 34.1 Å². The highest BCUT2D eigenvalue weighted by Gasteiger charge is 2.17. The number of aromatic nitrogens is 1. The van der Waals surface area contributed by atoms with Gasteiger partial charge >= 0.3 is 0 Å². The molecule has 0 saturated heterocycles. The quantitative estimate of drug-likeness (QED) is 0.613. The Hall–Kier alpha value is -1.47. The van der Waals surface area contributed by atoms with Crippen molar-refractivity contribution >= 4 is 38.6 Å². The molecule has 0 aliphatic carbocycles. The lowest BCUT2D eigenvalue weighted by Gasteiger charge is -2.16. The van der Waals surface area contributed by atoms with Crippen molar-refractivity contribution in [3.8, 4) is 0 Å². The van der Waals surface area contributed by atoms with E-state index in [1.807, 2.05) is 13.8 Å². The molecule has 0 spiro atoms. The molecule has 1 aromatic heterocycles. The summed E-state index contributed by atoms with van der Waals surface area (Å²) in [6.45, 7) is 7.78. The zero-order chi connectivity index (χ0) is 15.7. The van der Waals surface area contributed by atoms with Gasteiger partial charge in [0, 0.05) is 26.7 Å². The minimum absolute atomic E-state index is 0.0911. The first-order chi connectivity index (χ1) is 9.79. The summed E-state index contributed by atoms with van der Waals surface area (Å²) in [6.07, 6.45) is 0.